The van der Waals surface area contributed by atoms with Gasteiger partial charge >= 0.3 is 5.97 Å². The summed E-state index contributed by atoms with van der Waals surface area (Å²) in [6.07, 6.45) is 20.4. The van der Waals surface area contributed by atoms with Crippen molar-refractivity contribution in [3.8, 4) is 0 Å². The summed E-state index contributed by atoms with van der Waals surface area (Å²) >= 11 is 6.17. The lowest BCUT2D eigenvalue weighted by Crippen LogP contribution is -2.70. The van der Waals surface area contributed by atoms with E-state index in [1.165, 1.54) is 56.8 Å². The van der Waals surface area contributed by atoms with Crippen molar-refractivity contribution in [1.82, 2.24) is 0 Å². The van der Waals surface area contributed by atoms with Crippen LogP contribution >= 0.6 is 11.6 Å². The number of hydrogen-bond donors (Lipinski definition) is 1. The zero-order valence-corrected chi connectivity index (χ0v) is 34.3. The molecule has 1 aromatic rings. The van der Waals surface area contributed by atoms with E-state index in [1.54, 1.807) is 36.3 Å². The molecule has 1 aromatic carbocycles. The minimum Gasteiger partial charge on any atom is -0.458 e. The van der Waals surface area contributed by atoms with Gasteiger partial charge in [0.2, 0.25) is 5.78 Å². The number of aliphatic hydroxyl groups is 1. The van der Waals surface area contributed by atoms with Gasteiger partial charge in [0.05, 0.1) is 18.3 Å². The Morgan fingerprint density at radius 2 is 1.61 bits per heavy atom. The number of ketones is 2. The number of fused-ring (bicyclic) bond motifs is 7. The van der Waals surface area contributed by atoms with Gasteiger partial charge in [-0.2, -0.15) is 0 Å². The molecule has 0 amide bonds. The number of halogens is 3. The number of ether oxygens (including phenoxy) is 1. The lowest BCUT2D eigenvalue weighted by molar-refractivity contribution is -0.228. The van der Waals surface area contributed by atoms with Gasteiger partial charge in [-0.05, 0) is 106 Å². The van der Waals surface area contributed by atoms with Gasteiger partial charge in [0.1, 0.15) is 6.17 Å². The zero-order chi connectivity index (χ0) is 40.1. The van der Waals surface area contributed by atoms with Crippen molar-refractivity contribution in [2.45, 2.75) is 153 Å². The highest BCUT2D eigenvalue weighted by molar-refractivity contribution is 6.30. The van der Waals surface area contributed by atoms with Crippen molar-refractivity contribution in [2.75, 3.05) is 18.2 Å². The van der Waals surface area contributed by atoms with Crippen molar-refractivity contribution in [3.05, 3.63) is 65.2 Å². The fraction of sp³-hybridized carbons (Fsp3) is 0.674. The molecule has 0 aromatic heterocycles. The van der Waals surface area contributed by atoms with Crippen molar-refractivity contribution in [1.29, 1.82) is 0 Å². The Morgan fingerprint density at radius 1 is 0.964 bits per heavy atom. The number of carbonyl (C=O) groups excluding carboxylic acids is 3. The van der Waals surface area contributed by atoms with Gasteiger partial charge in [-0.3, -0.25) is 24.3 Å². The average Bonchev–Trinajstić information content (AvgIpc) is 3.67. The van der Waals surface area contributed by atoms with Crippen molar-refractivity contribution in [3.63, 3.8) is 0 Å². The maximum Gasteiger partial charge on any atom is 0.306 e. The number of unbranched alkanes of at least 4 members (excludes halogenated alkanes) is 11. The van der Waals surface area contributed by atoms with Crippen LogP contribution in [0.4, 0.5) is 14.5 Å². The third-order valence-electron chi connectivity index (χ3n) is 14.2. The molecule has 0 radical (unpaired) electrons. The maximum absolute atomic E-state index is 17.9. The fourth-order valence-electron chi connectivity index (χ4n) is 11.2. The molecule has 56 heavy (non-hydrogen) atoms. The van der Waals surface area contributed by atoms with Gasteiger partial charge in [0.15, 0.2) is 23.7 Å². The number of rotatable bonds is 19. The molecule has 10 heteroatoms. The van der Waals surface area contributed by atoms with Crippen LogP contribution in [0.25, 0.3) is 0 Å². The molecule has 308 valence electrons. The Morgan fingerprint density at radius 3 is 2.29 bits per heavy atom. The van der Waals surface area contributed by atoms with Gasteiger partial charge in [0, 0.05) is 34.1 Å². The molecule has 6 rings (SSSR count). The Hall–Kier alpha value is -2.88. The van der Waals surface area contributed by atoms with E-state index >= 15 is 8.78 Å². The van der Waals surface area contributed by atoms with Gasteiger partial charge in [0.25, 0.3) is 0 Å². The van der Waals surface area contributed by atoms with Crippen LogP contribution in [-0.4, -0.2) is 59.3 Å². The second-order valence-corrected chi connectivity index (χ2v) is 18.0. The lowest BCUT2D eigenvalue weighted by atomic mass is 9.44. The van der Waals surface area contributed by atoms with E-state index < -0.39 is 76.3 Å². The maximum atomic E-state index is 17.9. The van der Waals surface area contributed by atoms with Gasteiger partial charge < -0.3 is 9.84 Å². The number of allylic oxidation sites excluding steroid dienone is 6. The molecular weight excluding hydrogens is 736 g/mol. The predicted molar refractivity (Wildman–Crippen MR) is 216 cm³/mol. The van der Waals surface area contributed by atoms with E-state index in [2.05, 4.69) is 19.1 Å². The van der Waals surface area contributed by atoms with E-state index in [-0.39, 0.29) is 24.8 Å². The molecular formula is C46H62ClF2NO6. The summed E-state index contributed by atoms with van der Waals surface area (Å²) in [5.41, 5.74) is -5.78. The first-order valence-electron chi connectivity index (χ1n) is 21.3. The number of carbonyl (C=O) groups is 3. The first-order chi connectivity index (χ1) is 26.8. The second kappa shape index (κ2) is 17.9. The molecule has 0 spiro atoms. The topological polar surface area (TPSA) is 93.1 Å². The number of hydroxylamine groups is 1. The van der Waals surface area contributed by atoms with Crippen LogP contribution in [-0.2, 0) is 24.0 Å². The van der Waals surface area contributed by atoms with Gasteiger partial charge in [-0.15, -0.1) is 0 Å². The van der Waals surface area contributed by atoms with Gasteiger partial charge in [-0.25, -0.2) is 8.78 Å². The second-order valence-electron chi connectivity index (χ2n) is 17.6. The van der Waals surface area contributed by atoms with Gasteiger partial charge in [-0.1, -0.05) is 95.0 Å². The zero-order valence-electron chi connectivity index (χ0n) is 33.6. The molecule has 9 atom stereocenters. The van der Waals surface area contributed by atoms with Crippen LogP contribution in [0.3, 0.4) is 0 Å². The Labute approximate surface area is 337 Å². The third kappa shape index (κ3) is 7.95. The normalized spacial score (nSPS) is 34.6. The lowest BCUT2D eigenvalue weighted by Gasteiger charge is -2.63. The summed E-state index contributed by atoms with van der Waals surface area (Å²) in [6, 6.07) is 7.03. The molecule has 1 aliphatic heterocycles. The number of aliphatic hydroxyl groups excluding tert-OH is 1. The third-order valence-corrected chi connectivity index (χ3v) is 14.4. The number of benzene rings is 1. The van der Waals surface area contributed by atoms with Crippen LogP contribution in [0.1, 0.15) is 130 Å². The molecule has 1 heterocycles. The molecule has 7 nitrogen and oxygen atoms in total. The van der Waals surface area contributed by atoms with Crippen LogP contribution in [0.5, 0.6) is 0 Å². The highest BCUT2D eigenvalue weighted by Crippen LogP contribution is 2.72. The predicted octanol–water partition coefficient (Wildman–Crippen LogP) is 10.5. The molecule has 1 N–H and O–H groups in total. The minimum absolute atomic E-state index is 0.0544. The molecule has 4 aliphatic carbocycles. The number of alkyl halides is 2. The molecule has 4 fully saturated rings. The number of nitrogens with zero attached hydrogens (tertiary/aromatic N) is 1. The van der Waals surface area contributed by atoms with E-state index in [1.807, 2.05) is 6.92 Å². The van der Waals surface area contributed by atoms with Crippen molar-refractivity contribution in [2.24, 2.45) is 28.6 Å². The van der Waals surface area contributed by atoms with Crippen LogP contribution in [0.15, 0.2) is 60.2 Å². The monoisotopic (exact) mass is 797 g/mol. The van der Waals surface area contributed by atoms with Crippen LogP contribution < -0.4 is 5.06 Å². The smallest absolute Gasteiger partial charge is 0.306 e. The van der Waals surface area contributed by atoms with E-state index in [9.17, 15) is 19.5 Å². The molecule has 3 saturated carbocycles. The summed E-state index contributed by atoms with van der Waals surface area (Å²) in [5.74, 6) is -3.25. The SMILES string of the molecule is CCCCCCCCC=CCCCCCCCC(=O)OCC(=O)[C@@]12ON(c3ccc(Cl)cc3)C[C@@H]1C[C@H]1[C@@H]3C[C@H](F)C4=CC(=O)C=C[C@]4(C)[C@@]3(F)[C@@H](O)C[C@@]12C. The highest BCUT2D eigenvalue weighted by Gasteiger charge is 2.79. The summed E-state index contributed by atoms with van der Waals surface area (Å²) in [4.78, 5) is 46.6. The first-order valence-corrected chi connectivity index (χ1v) is 21.7. The molecule has 1 saturated heterocycles. The Balaban J connectivity index is 1.07. The summed E-state index contributed by atoms with van der Waals surface area (Å²) in [5, 5.41) is 14.1. The standard InChI is InChI=1S/C46H62ClF2NO6/c1-4-5-6-7-8-9-10-11-12-13-14-15-16-17-18-19-42(54)55-31-41(53)46-32(30-50(56-46)34-22-20-33(47)21-23-34)26-36-37-28-39(48)38-27-35(51)24-25-43(38,2)45(37,49)40(52)29-44(36,46)3/h11-12,20-25,27,32,36-37,39-40,52H,4-10,13-19,26,28-31H2,1-3H3/t32-,36-,37-,39-,40-,43-,44-,45-,46-/m0/s1. The fourth-order valence-corrected chi connectivity index (χ4v) is 11.3. The largest absolute Gasteiger partial charge is 0.458 e. The van der Waals surface area contributed by atoms with E-state index in [4.69, 9.17) is 21.2 Å². The quantitative estimate of drug-likeness (QED) is 0.0846. The number of Topliss-reactive ketones (excluding diaryl/α,β-unsaturated/α-hetero) is 1. The number of hydrogen-bond acceptors (Lipinski definition) is 7. The Bertz CT molecular complexity index is 1660. The van der Waals surface area contributed by atoms with E-state index in [0.717, 1.165) is 38.5 Å². The molecule has 0 unspecified atom stereocenters. The minimum atomic E-state index is -2.28. The number of esters is 1. The van der Waals surface area contributed by atoms with Crippen molar-refractivity contribution >= 4 is 34.8 Å². The summed E-state index contributed by atoms with van der Waals surface area (Å²) < 4.78 is 39.6. The number of anilines is 1. The molecule has 5 aliphatic rings. The average molecular weight is 798 g/mol. The Kier molecular flexibility index (Phi) is 13.7. The summed E-state index contributed by atoms with van der Waals surface area (Å²) in [7, 11) is 0. The van der Waals surface area contributed by atoms with E-state index in [0.29, 0.717) is 30.1 Å². The first kappa shape index (κ1) is 42.7. The van der Waals surface area contributed by atoms with Crippen LogP contribution in [0.2, 0.25) is 5.02 Å². The van der Waals surface area contributed by atoms with Crippen molar-refractivity contribution < 1.29 is 37.8 Å². The van der Waals surface area contributed by atoms with Crippen LogP contribution in [0, 0.1) is 28.6 Å². The summed E-state index contributed by atoms with van der Waals surface area (Å²) in [6.45, 7) is 5.43. The molecule has 0 bridgehead atoms. The highest BCUT2D eigenvalue weighted by atomic mass is 35.5.